The first-order valence-electron chi connectivity index (χ1n) is 6.99. The van der Waals surface area contributed by atoms with Crippen molar-refractivity contribution in [3.8, 4) is 0 Å². The van der Waals surface area contributed by atoms with E-state index in [2.05, 4.69) is 17.1 Å². The molecule has 1 aliphatic heterocycles. The monoisotopic (exact) mass is 311 g/mol. The zero-order valence-electron chi connectivity index (χ0n) is 11.8. The third kappa shape index (κ3) is 3.71. The Kier molecular flexibility index (Phi) is 5.14. The lowest BCUT2D eigenvalue weighted by atomic mass is 10.1. The van der Waals surface area contributed by atoms with Crippen LogP contribution in [0.1, 0.15) is 30.1 Å². The largest absolute Gasteiger partial charge is 0.350 e. The van der Waals surface area contributed by atoms with E-state index in [1.165, 1.54) is 18.2 Å². The summed E-state index contributed by atoms with van der Waals surface area (Å²) in [4.78, 5) is 24.6. The quantitative estimate of drug-likeness (QED) is 0.669. The highest BCUT2D eigenvalue weighted by atomic mass is 35.5. The molecule has 1 fully saturated rings. The lowest BCUT2D eigenvalue weighted by Gasteiger charge is -2.22. The molecule has 1 unspecified atom stereocenters. The summed E-state index contributed by atoms with van der Waals surface area (Å²) in [5.41, 5.74) is 0.146. The Balaban J connectivity index is 1.99. The van der Waals surface area contributed by atoms with E-state index in [0.29, 0.717) is 12.6 Å². The maximum Gasteiger partial charge on any atom is 0.270 e. The van der Waals surface area contributed by atoms with Crippen LogP contribution in [-0.4, -0.2) is 41.4 Å². The van der Waals surface area contributed by atoms with Gasteiger partial charge >= 0.3 is 0 Å². The second-order valence-corrected chi connectivity index (χ2v) is 5.46. The summed E-state index contributed by atoms with van der Waals surface area (Å²) in [5.74, 6) is -0.294. The maximum absolute atomic E-state index is 12.1. The number of non-ortho nitro benzene ring substituents is 1. The molecule has 0 radical (unpaired) electrons. The smallest absolute Gasteiger partial charge is 0.270 e. The highest BCUT2D eigenvalue weighted by Crippen LogP contribution is 2.22. The molecule has 7 heteroatoms. The van der Waals surface area contributed by atoms with Crippen molar-refractivity contribution in [2.75, 3.05) is 19.6 Å². The van der Waals surface area contributed by atoms with E-state index in [4.69, 9.17) is 11.6 Å². The highest BCUT2D eigenvalue weighted by molar-refractivity contribution is 6.34. The maximum atomic E-state index is 12.1. The lowest BCUT2D eigenvalue weighted by molar-refractivity contribution is -0.384. The number of nitrogens with zero attached hydrogens (tertiary/aromatic N) is 2. The minimum atomic E-state index is -0.536. The van der Waals surface area contributed by atoms with E-state index in [1.807, 2.05) is 0 Å². The SMILES string of the molecule is CCN1CCCC1CNC(=O)c1ccc([N+](=O)[O-])cc1Cl. The second-order valence-electron chi connectivity index (χ2n) is 5.06. The van der Waals surface area contributed by atoms with E-state index in [9.17, 15) is 14.9 Å². The number of hydrogen-bond donors (Lipinski definition) is 1. The number of benzene rings is 1. The lowest BCUT2D eigenvalue weighted by Crippen LogP contribution is -2.40. The molecule has 0 aromatic heterocycles. The summed E-state index contributed by atoms with van der Waals surface area (Å²) >= 11 is 5.94. The highest BCUT2D eigenvalue weighted by Gasteiger charge is 2.24. The molecular weight excluding hydrogens is 294 g/mol. The number of nitro groups is 1. The number of carbonyl (C=O) groups excluding carboxylic acids is 1. The van der Waals surface area contributed by atoms with Crippen LogP contribution < -0.4 is 5.32 Å². The number of carbonyl (C=O) groups is 1. The van der Waals surface area contributed by atoms with Crippen molar-refractivity contribution in [2.45, 2.75) is 25.8 Å². The third-order valence-electron chi connectivity index (χ3n) is 3.81. The molecule has 1 saturated heterocycles. The number of nitro benzene ring substituents is 1. The normalized spacial score (nSPS) is 18.7. The molecule has 0 bridgehead atoms. The third-order valence-corrected chi connectivity index (χ3v) is 4.12. The Morgan fingerprint density at radius 2 is 2.33 bits per heavy atom. The number of hydrogen-bond acceptors (Lipinski definition) is 4. The van der Waals surface area contributed by atoms with Gasteiger partial charge in [-0.3, -0.25) is 19.8 Å². The van der Waals surface area contributed by atoms with Gasteiger partial charge in [-0.1, -0.05) is 18.5 Å². The molecule has 2 rings (SSSR count). The van der Waals surface area contributed by atoms with E-state index in [0.717, 1.165) is 25.9 Å². The van der Waals surface area contributed by atoms with Crippen LogP contribution in [0.3, 0.4) is 0 Å². The van der Waals surface area contributed by atoms with Crippen molar-refractivity contribution < 1.29 is 9.72 Å². The molecule has 1 aromatic carbocycles. The van der Waals surface area contributed by atoms with Gasteiger partial charge in [0.1, 0.15) is 0 Å². The number of likely N-dealkylation sites (N-methyl/N-ethyl adjacent to an activating group) is 1. The number of amides is 1. The number of halogens is 1. The molecule has 1 heterocycles. The predicted molar refractivity (Wildman–Crippen MR) is 80.7 cm³/mol. The summed E-state index contributed by atoms with van der Waals surface area (Å²) in [6.07, 6.45) is 2.22. The van der Waals surface area contributed by atoms with Crippen molar-refractivity contribution in [2.24, 2.45) is 0 Å². The Labute approximate surface area is 128 Å². The van der Waals surface area contributed by atoms with Crippen LogP contribution in [0.5, 0.6) is 0 Å². The Morgan fingerprint density at radius 3 is 2.95 bits per heavy atom. The molecule has 0 spiro atoms. The van der Waals surface area contributed by atoms with Crippen LogP contribution in [0.25, 0.3) is 0 Å². The van der Waals surface area contributed by atoms with Crippen LogP contribution in [0.15, 0.2) is 18.2 Å². The predicted octanol–water partition coefficient (Wildman–Crippen LogP) is 2.46. The van der Waals surface area contributed by atoms with E-state index in [1.54, 1.807) is 0 Å². The van der Waals surface area contributed by atoms with Gasteiger partial charge in [0, 0.05) is 24.7 Å². The number of rotatable bonds is 5. The molecule has 114 valence electrons. The zero-order valence-corrected chi connectivity index (χ0v) is 12.6. The zero-order chi connectivity index (χ0) is 15.4. The van der Waals surface area contributed by atoms with Gasteiger partial charge in [-0.2, -0.15) is 0 Å². The first-order valence-corrected chi connectivity index (χ1v) is 7.37. The van der Waals surface area contributed by atoms with Crippen molar-refractivity contribution in [3.05, 3.63) is 38.9 Å². The van der Waals surface area contributed by atoms with Gasteiger partial charge < -0.3 is 5.32 Å². The van der Waals surface area contributed by atoms with Crippen LogP contribution >= 0.6 is 11.6 Å². The molecule has 1 aromatic rings. The van der Waals surface area contributed by atoms with E-state index in [-0.39, 0.29) is 22.2 Å². The fourth-order valence-electron chi connectivity index (χ4n) is 2.65. The van der Waals surface area contributed by atoms with Crippen LogP contribution in [0.4, 0.5) is 5.69 Å². The molecular formula is C14H18ClN3O3. The fraction of sp³-hybridized carbons (Fsp3) is 0.500. The van der Waals surface area contributed by atoms with Crippen molar-refractivity contribution >= 4 is 23.2 Å². The topological polar surface area (TPSA) is 75.5 Å². The summed E-state index contributed by atoms with van der Waals surface area (Å²) in [5, 5.41) is 13.6. The van der Waals surface area contributed by atoms with Gasteiger partial charge in [0.2, 0.25) is 0 Å². The van der Waals surface area contributed by atoms with Gasteiger partial charge in [-0.05, 0) is 32.0 Å². The minimum absolute atomic E-state index is 0.0977. The fourth-order valence-corrected chi connectivity index (χ4v) is 2.91. The average molecular weight is 312 g/mol. The molecule has 0 saturated carbocycles. The molecule has 6 nitrogen and oxygen atoms in total. The van der Waals surface area contributed by atoms with Gasteiger partial charge in [-0.25, -0.2) is 0 Å². The Bertz CT molecular complexity index is 550. The van der Waals surface area contributed by atoms with E-state index < -0.39 is 4.92 Å². The van der Waals surface area contributed by atoms with Crippen molar-refractivity contribution in [3.63, 3.8) is 0 Å². The summed E-state index contributed by atoms with van der Waals surface area (Å²) < 4.78 is 0. The summed E-state index contributed by atoms with van der Waals surface area (Å²) in [6.45, 7) is 4.71. The van der Waals surface area contributed by atoms with Crippen molar-refractivity contribution in [1.29, 1.82) is 0 Å². The van der Waals surface area contributed by atoms with E-state index >= 15 is 0 Å². The first kappa shape index (κ1) is 15.7. The van der Waals surface area contributed by atoms with Crippen LogP contribution in [-0.2, 0) is 0 Å². The molecule has 1 aliphatic rings. The minimum Gasteiger partial charge on any atom is -0.350 e. The van der Waals surface area contributed by atoms with Crippen molar-refractivity contribution in [1.82, 2.24) is 10.2 Å². The second kappa shape index (κ2) is 6.87. The number of nitrogens with one attached hydrogen (secondary N) is 1. The van der Waals surface area contributed by atoms with Gasteiger partial charge in [0.25, 0.3) is 11.6 Å². The van der Waals surface area contributed by atoms with Gasteiger partial charge in [0.15, 0.2) is 0 Å². The van der Waals surface area contributed by atoms with Gasteiger partial charge in [0.05, 0.1) is 15.5 Å². The molecule has 1 atom stereocenters. The standard InChI is InChI=1S/C14H18ClN3O3/c1-2-17-7-3-4-11(17)9-16-14(19)12-6-5-10(18(20)21)8-13(12)15/h5-6,8,11H,2-4,7,9H2,1H3,(H,16,19). The average Bonchev–Trinajstić information content (AvgIpc) is 2.91. The van der Waals surface area contributed by atoms with Gasteiger partial charge in [-0.15, -0.1) is 0 Å². The molecule has 1 N–H and O–H groups in total. The first-order chi connectivity index (χ1) is 10.0. The van der Waals surface area contributed by atoms with Crippen LogP contribution in [0.2, 0.25) is 5.02 Å². The molecule has 21 heavy (non-hydrogen) atoms. The summed E-state index contributed by atoms with van der Waals surface area (Å²) in [7, 11) is 0. The Morgan fingerprint density at radius 1 is 1.57 bits per heavy atom. The number of likely N-dealkylation sites (tertiary alicyclic amines) is 1. The summed E-state index contributed by atoms with van der Waals surface area (Å²) in [6, 6.07) is 4.23. The van der Waals surface area contributed by atoms with Crippen LogP contribution in [0, 0.1) is 10.1 Å². The Hall–Kier alpha value is -1.66. The molecule has 1 amide bonds. The molecule has 0 aliphatic carbocycles.